The van der Waals surface area contributed by atoms with E-state index in [0.29, 0.717) is 12.0 Å². The number of rotatable bonds is 2. The van der Waals surface area contributed by atoms with Crippen LogP contribution >= 0.6 is 23.1 Å². The first-order valence-corrected chi connectivity index (χ1v) is 6.87. The number of aryl methyl sites for hydroxylation is 1. The third-order valence-electron chi connectivity index (χ3n) is 2.81. The first-order chi connectivity index (χ1) is 6.65. The summed E-state index contributed by atoms with van der Waals surface area (Å²) in [4.78, 5) is 5.91. The molecule has 4 heteroatoms. The highest BCUT2D eigenvalue weighted by atomic mass is 32.2. The van der Waals surface area contributed by atoms with Gasteiger partial charge in [-0.3, -0.25) is 0 Å². The summed E-state index contributed by atoms with van der Waals surface area (Å²) >= 11 is 3.84. The molecule has 1 aromatic rings. The van der Waals surface area contributed by atoms with Crippen molar-refractivity contribution in [1.82, 2.24) is 4.98 Å². The topological polar surface area (TPSA) is 38.9 Å². The number of aromatic nitrogens is 1. The van der Waals surface area contributed by atoms with Crippen molar-refractivity contribution in [1.29, 1.82) is 0 Å². The van der Waals surface area contributed by atoms with E-state index >= 15 is 0 Å². The molecular formula is C10H16N2S2. The van der Waals surface area contributed by atoms with Crippen LogP contribution in [0.1, 0.15) is 28.9 Å². The molecule has 14 heavy (non-hydrogen) atoms. The van der Waals surface area contributed by atoms with Gasteiger partial charge in [-0.1, -0.05) is 6.92 Å². The molecule has 0 saturated carbocycles. The lowest BCUT2D eigenvalue weighted by Crippen LogP contribution is -2.20. The molecule has 0 amide bonds. The van der Waals surface area contributed by atoms with Crippen LogP contribution in [-0.2, 0) is 12.0 Å². The molecule has 0 aromatic carbocycles. The van der Waals surface area contributed by atoms with Gasteiger partial charge >= 0.3 is 0 Å². The minimum Gasteiger partial charge on any atom is -0.326 e. The van der Waals surface area contributed by atoms with Crippen LogP contribution in [0.5, 0.6) is 0 Å². The molecule has 1 aromatic heterocycles. The predicted octanol–water partition coefficient (Wildman–Crippen LogP) is 2.30. The Hall–Kier alpha value is -0.0600. The molecule has 1 atom stereocenters. The Kier molecular flexibility index (Phi) is 2.86. The van der Waals surface area contributed by atoms with Crippen LogP contribution in [-0.4, -0.2) is 16.5 Å². The lowest BCUT2D eigenvalue weighted by molar-refractivity contribution is 0.536. The normalized spacial score (nSPS) is 27.1. The highest BCUT2D eigenvalue weighted by Gasteiger charge is 2.34. The van der Waals surface area contributed by atoms with Crippen LogP contribution in [0.25, 0.3) is 0 Å². The van der Waals surface area contributed by atoms with E-state index < -0.39 is 0 Å². The van der Waals surface area contributed by atoms with E-state index in [1.54, 1.807) is 11.3 Å². The van der Waals surface area contributed by atoms with E-state index in [0.717, 1.165) is 5.69 Å². The molecule has 1 aliphatic heterocycles. The van der Waals surface area contributed by atoms with Crippen LogP contribution in [0.4, 0.5) is 0 Å². The standard InChI is InChI=1S/C10H16N2S2/c1-7-8(5-11)14-9(12-7)10(2)3-4-13-6-10/h3-6,11H2,1-2H3. The number of hydrogen-bond acceptors (Lipinski definition) is 4. The van der Waals surface area contributed by atoms with Gasteiger partial charge in [0.15, 0.2) is 0 Å². The summed E-state index contributed by atoms with van der Waals surface area (Å²) in [6.45, 7) is 5.02. The molecule has 1 saturated heterocycles. The minimum atomic E-state index is 0.313. The summed E-state index contributed by atoms with van der Waals surface area (Å²) in [5, 5.41) is 1.29. The van der Waals surface area contributed by atoms with Crippen LogP contribution in [0, 0.1) is 6.92 Å². The molecule has 0 spiro atoms. The third-order valence-corrected chi connectivity index (χ3v) is 5.63. The Morgan fingerprint density at radius 2 is 2.36 bits per heavy atom. The Morgan fingerprint density at radius 3 is 2.86 bits per heavy atom. The average molecular weight is 228 g/mol. The van der Waals surface area contributed by atoms with Gasteiger partial charge in [0, 0.05) is 22.6 Å². The van der Waals surface area contributed by atoms with E-state index in [1.807, 2.05) is 11.8 Å². The van der Waals surface area contributed by atoms with Gasteiger partial charge in [0.2, 0.25) is 0 Å². The number of nitrogens with zero attached hydrogens (tertiary/aromatic N) is 1. The maximum absolute atomic E-state index is 5.67. The van der Waals surface area contributed by atoms with Gasteiger partial charge in [0.25, 0.3) is 0 Å². The van der Waals surface area contributed by atoms with Crippen molar-refractivity contribution in [2.75, 3.05) is 11.5 Å². The fraction of sp³-hybridized carbons (Fsp3) is 0.700. The van der Waals surface area contributed by atoms with E-state index in [1.165, 1.54) is 27.8 Å². The second-order valence-electron chi connectivity index (χ2n) is 4.09. The zero-order chi connectivity index (χ0) is 10.2. The molecule has 2 N–H and O–H groups in total. The van der Waals surface area contributed by atoms with Gasteiger partial charge in [0.1, 0.15) is 0 Å². The lowest BCUT2D eigenvalue weighted by atomic mass is 9.91. The van der Waals surface area contributed by atoms with Crippen LogP contribution < -0.4 is 5.73 Å². The quantitative estimate of drug-likeness (QED) is 0.844. The summed E-state index contributed by atoms with van der Waals surface area (Å²) in [7, 11) is 0. The number of nitrogens with two attached hydrogens (primary N) is 1. The fourth-order valence-corrected chi connectivity index (χ4v) is 4.39. The Morgan fingerprint density at radius 1 is 1.57 bits per heavy atom. The van der Waals surface area contributed by atoms with E-state index in [-0.39, 0.29) is 0 Å². The molecule has 0 radical (unpaired) electrons. The maximum atomic E-state index is 5.67. The van der Waals surface area contributed by atoms with Gasteiger partial charge < -0.3 is 5.73 Å². The largest absolute Gasteiger partial charge is 0.326 e. The van der Waals surface area contributed by atoms with Crippen LogP contribution in [0.15, 0.2) is 0 Å². The molecule has 2 rings (SSSR count). The molecule has 2 nitrogen and oxygen atoms in total. The van der Waals surface area contributed by atoms with Crippen molar-refractivity contribution in [3.63, 3.8) is 0 Å². The number of thioether (sulfide) groups is 1. The van der Waals surface area contributed by atoms with Crippen molar-refractivity contribution < 1.29 is 0 Å². The highest BCUT2D eigenvalue weighted by molar-refractivity contribution is 7.99. The zero-order valence-electron chi connectivity index (χ0n) is 8.67. The smallest absolute Gasteiger partial charge is 0.0999 e. The second-order valence-corrected chi connectivity index (χ2v) is 6.28. The molecule has 1 aliphatic rings. The molecule has 0 aliphatic carbocycles. The lowest BCUT2D eigenvalue weighted by Gasteiger charge is -2.18. The molecule has 1 fully saturated rings. The van der Waals surface area contributed by atoms with Gasteiger partial charge in [-0.2, -0.15) is 11.8 Å². The summed E-state index contributed by atoms with van der Waals surface area (Å²) in [6.07, 6.45) is 1.26. The second kappa shape index (κ2) is 3.83. The number of thiazole rings is 1. The van der Waals surface area contributed by atoms with Crippen molar-refractivity contribution in [3.05, 3.63) is 15.6 Å². The van der Waals surface area contributed by atoms with Gasteiger partial charge in [-0.25, -0.2) is 4.98 Å². The highest BCUT2D eigenvalue weighted by Crippen LogP contribution is 2.40. The molecular weight excluding hydrogens is 212 g/mol. The van der Waals surface area contributed by atoms with Crippen LogP contribution in [0.3, 0.4) is 0 Å². The third kappa shape index (κ3) is 1.71. The Balaban J connectivity index is 2.31. The molecule has 2 heterocycles. The maximum Gasteiger partial charge on any atom is 0.0999 e. The van der Waals surface area contributed by atoms with E-state index in [2.05, 4.69) is 18.8 Å². The SMILES string of the molecule is Cc1nc(C2(C)CCSC2)sc1CN. The summed E-state index contributed by atoms with van der Waals surface area (Å²) < 4.78 is 0. The predicted molar refractivity (Wildman–Crippen MR) is 64.0 cm³/mol. The van der Waals surface area contributed by atoms with E-state index in [9.17, 15) is 0 Å². The average Bonchev–Trinajstić information content (AvgIpc) is 2.73. The summed E-state index contributed by atoms with van der Waals surface area (Å²) in [5.74, 6) is 2.48. The molecule has 1 unspecified atom stereocenters. The Labute approximate surface area is 93.3 Å². The number of hydrogen-bond donors (Lipinski definition) is 1. The van der Waals surface area contributed by atoms with Crippen molar-refractivity contribution in [2.24, 2.45) is 5.73 Å². The first-order valence-electron chi connectivity index (χ1n) is 4.90. The summed E-state index contributed by atoms with van der Waals surface area (Å²) in [5.41, 5.74) is 7.11. The molecule has 78 valence electrons. The van der Waals surface area contributed by atoms with Crippen molar-refractivity contribution in [3.8, 4) is 0 Å². The van der Waals surface area contributed by atoms with Crippen LogP contribution in [0.2, 0.25) is 0 Å². The van der Waals surface area contributed by atoms with Gasteiger partial charge in [0.05, 0.1) is 10.7 Å². The first kappa shape index (κ1) is 10.5. The molecule has 0 bridgehead atoms. The van der Waals surface area contributed by atoms with Gasteiger partial charge in [-0.05, 0) is 19.1 Å². The zero-order valence-corrected chi connectivity index (χ0v) is 10.3. The van der Waals surface area contributed by atoms with Crippen molar-refractivity contribution in [2.45, 2.75) is 32.2 Å². The van der Waals surface area contributed by atoms with E-state index in [4.69, 9.17) is 5.73 Å². The van der Waals surface area contributed by atoms with Gasteiger partial charge in [-0.15, -0.1) is 11.3 Å². The fourth-order valence-electron chi connectivity index (χ4n) is 1.71. The van der Waals surface area contributed by atoms with Crippen molar-refractivity contribution >= 4 is 23.1 Å². The monoisotopic (exact) mass is 228 g/mol. The summed E-state index contributed by atoms with van der Waals surface area (Å²) in [6, 6.07) is 0. The Bertz CT molecular complexity index is 327. The minimum absolute atomic E-state index is 0.313.